The molecule has 5 heteroatoms. The lowest BCUT2D eigenvalue weighted by atomic mass is 9.99. The van der Waals surface area contributed by atoms with E-state index in [0.29, 0.717) is 18.4 Å². The summed E-state index contributed by atoms with van der Waals surface area (Å²) in [7, 11) is 0. The number of hydrogen-bond donors (Lipinski definition) is 1. The van der Waals surface area contributed by atoms with Gasteiger partial charge in [-0.25, -0.2) is 0 Å². The van der Waals surface area contributed by atoms with Gasteiger partial charge in [0.15, 0.2) is 0 Å². The number of rotatable bonds is 5. The predicted octanol–water partition coefficient (Wildman–Crippen LogP) is 0.927. The van der Waals surface area contributed by atoms with E-state index in [0.717, 1.165) is 26.0 Å². The van der Waals surface area contributed by atoms with Crippen molar-refractivity contribution in [2.75, 3.05) is 13.2 Å². The molecule has 19 heavy (non-hydrogen) atoms. The first kappa shape index (κ1) is 14.5. The van der Waals surface area contributed by atoms with Gasteiger partial charge in [0.25, 0.3) is 0 Å². The molecule has 5 nitrogen and oxygen atoms in total. The van der Waals surface area contributed by atoms with Crippen molar-refractivity contribution < 1.29 is 14.3 Å². The molecule has 3 atom stereocenters. The second kappa shape index (κ2) is 6.01. The third-order valence-corrected chi connectivity index (χ3v) is 4.07. The predicted molar refractivity (Wildman–Crippen MR) is 71.5 cm³/mol. The highest BCUT2D eigenvalue weighted by Gasteiger charge is 2.40. The Morgan fingerprint density at radius 3 is 2.74 bits per heavy atom. The minimum Gasteiger partial charge on any atom is -0.378 e. The monoisotopic (exact) mass is 268 g/mol. The number of nitrogens with one attached hydrogen (secondary N) is 1. The average Bonchev–Trinajstić information content (AvgIpc) is 2.91. The summed E-state index contributed by atoms with van der Waals surface area (Å²) in [5.41, 5.74) is 0. The smallest absolute Gasteiger partial charge is 0.247 e. The molecule has 0 bridgehead atoms. The second-order valence-corrected chi connectivity index (χ2v) is 5.73. The van der Waals surface area contributed by atoms with Crippen LogP contribution in [0.3, 0.4) is 0 Å². The van der Waals surface area contributed by atoms with E-state index in [9.17, 15) is 9.59 Å². The number of amides is 2. The first-order valence-electron chi connectivity index (χ1n) is 7.25. The van der Waals surface area contributed by atoms with Crippen LogP contribution in [0.15, 0.2) is 0 Å². The van der Waals surface area contributed by atoms with Gasteiger partial charge in [0.1, 0.15) is 0 Å². The summed E-state index contributed by atoms with van der Waals surface area (Å²) in [4.78, 5) is 25.3. The van der Waals surface area contributed by atoms with E-state index < -0.39 is 0 Å². The van der Waals surface area contributed by atoms with Crippen LogP contribution in [0, 0.1) is 5.92 Å². The number of ether oxygens (including phenoxy) is 1. The summed E-state index contributed by atoms with van der Waals surface area (Å²) in [6.45, 7) is 7.43. The van der Waals surface area contributed by atoms with Crippen molar-refractivity contribution in [3.8, 4) is 0 Å². The Bertz CT molecular complexity index is 357. The fourth-order valence-corrected chi connectivity index (χ4v) is 3.02. The Morgan fingerprint density at radius 2 is 2.16 bits per heavy atom. The van der Waals surface area contributed by atoms with Gasteiger partial charge < -0.3 is 10.1 Å². The van der Waals surface area contributed by atoms with Crippen LogP contribution >= 0.6 is 0 Å². The third kappa shape index (κ3) is 2.98. The van der Waals surface area contributed by atoms with Gasteiger partial charge in [-0.1, -0.05) is 6.92 Å². The molecule has 2 saturated heterocycles. The largest absolute Gasteiger partial charge is 0.378 e. The van der Waals surface area contributed by atoms with E-state index in [2.05, 4.69) is 12.2 Å². The molecule has 0 saturated carbocycles. The average molecular weight is 268 g/mol. The van der Waals surface area contributed by atoms with Crippen molar-refractivity contribution in [2.45, 2.75) is 58.2 Å². The molecule has 2 heterocycles. The van der Waals surface area contributed by atoms with Gasteiger partial charge in [0.05, 0.1) is 18.6 Å². The van der Waals surface area contributed by atoms with Crippen LogP contribution in [0.25, 0.3) is 0 Å². The van der Waals surface area contributed by atoms with Crippen LogP contribution in [-0.2, 0) is 14.3 Å². The number of carbonyl (C=O) groups is 2. The molecule has 2 aliphatic heterocycles. The number of hydrogen-bond acceptors (Lipinski definition) is 4. The van der Waals surface area contributed by atoms with E-state index in [4.69, 9.17) is 4.74 Å². The number of nitrogens with zero attached hydrogens (tertiary/aromatic N) is 1. The first-order chi connectivity index (χ1) is 9.04. The molecule has 2 aliphatic rings. The molecule has 0 aromatic carbocycles. The lowest BCUT2D eigenvalue weighted by Crippen LogP contribution is -2.43. The van der Waals surface area contributed by atoms with Gasteiger partial charge in [0, 0.05) is 19.2 Å². The maximum atomic E-state index is 12.1. The molecule has 2 rings (SSSR count). The minimum atomic E-state index is -0.340. The van der Waals surface area contributed by atoms with E-state index in [1.807, 2.05) is 13.8 Å². The van der Waals surface area contributed by atoms with Crippen molar-refractivity contribution in [1.29, 1.82) is 0 Å². The summed E-state index contributed by atoms with van der Waals surface area (Å²) in [6.07, 6.45) is 2.62. The molecule has 0 radical (unpaired) electrons. The summed E-state index contributed by atoms with van der Waals surface area (Å²) in [5, 5.41) is 3.26. The quantitative estimate of drug-likeness (QED) is 0.754. The highest BCUT2D eigenvalue weighted by Crippen LogP contribution is 2.23. The Balaban J connectivity index is 1.87. The van der Waals surface area contributed by atoms with Gasteiger partial charge in [0.2, 0.25) is 11.8 Å². The molecular weight excluding hydrogens is 244 g/mol. The van der Waals surface area contributed by atoms with Crippen LogP contribution in [0.5, 0.6) is 0 Å². The zero-order valence-corrected chi connectivity index (χ0v) is 12.0. The van der Waals surface area contributed by atoms with E-state index >= 15 is 0 Å². The summed E-state index contributed by atoms with van der Waals surface area (Å²) in [6, 6.07) is -0.391. The van der Waals surface area contributed by atoms with Crippen LogP contribution < -0.4 is 5.32 Å². The van der Waals surface area contributed by atoms with Crippen molar-refractivity contribution in [3.05, 3.63) is 0 Å². The Morgan fingerprint density at radius 1 is 1.42 bits per heavy atom. The fraction of sp³-hybridized carbons (Fsp3) is 0.857. The lowest BCUT2D eigenvalue weighted by molar-refractivity contribution is -0.140. The SMILES string of the molecule is CCC1OCCC1CNC1CC(=O)N(C(C)C)C1=O. The molecule has 3 unspecified atom stereocenters. The number of likely N-dealkylation sites (tertiary alicyclic amines) is 1. The molecule has 0 spiro atoms. The van der Waals surface area contributed by atoms with Crippen LogP contribution in [0.2, 0.25) is 0 Å². The molecule has 0 aromatic heterocycles. The molecule has 2 fully saturated rings. The van der Waals surface area contributed by atoms with Crippen LogP contribution in [-0.4, -0.2) is 48.1 Å². The minimum absolute atomic E-state index is 0.0509. The normalized spacial score (nSPS) is 31.8. The number of carbonyl (C=O) groups excluding carboxylic acids is 2. The zero-order valence-electron chi connectivity index (χ0n) is 12.0. The highest BCUT2D eigenvalue weighted by atomic mass is 16.5. The fourth-order valence-electron chi connectivity index (χ4n) is 3.02. The van der Waals surface area contributed by atoms with Gasteiger partial charge >= 0.3 is 0 Å². The topological polar surface area (TPSA) is 58.6 Å². The number of imide groups is 1. The van der Waals surface area contributed by atoms with Crippen LogP contribution in [0.4, 0.5) is 0 Å². The zero-order chi connectivity index (χ0) is 14.0. The van der Waals surface area contributed by atoms with Gasteiger partial charge in [-0.15, -0.1) is 0 Å². The highest BCUT2D eigenvalue weighted by molar-refractivity contribution is 6.05. The van der Waals surface area contributed by atoms with E-state index in [1.54, 1.807) is 0 Å². The molecule has 0 aliphatic carbocycles. The summed E-state index contributed by atoms with van der Waals surface area (Å²) in [5.74, 6) is 0.320. The first-order valence-corrected chi connectivity index (χ1v) is 7.25. The maximum absolute atomic E-state index is 12.1. The molecule has 1 N–H and O–H groups in total. The Labute approximate surface area is 114 Å². The molecule has 2 amide bonds. The molecule has 0 aromatic rings. The third-order valence-electron chi connectivity index (χ3n) is 4.07. The molecular formula is C14H24N2O3. The van der Waals surface area contributed by atoms with Crippen molar-refractivity contribution in [3.63, 3.8) is 0 Å². The van der Waals surface area contributed by atoms with Crippen molar-refractivity contribution >= 4 is 11.8 Å². The van der Waals surface area contributed by atoms with Crippen molar-refractivity contribution in [2.24, 2.45) is 5.92 Å². The standard InChI is InChI=1S/C14H24N2O3/c1-4-12-10(5-6-19-12)8-15-11-7-13(17)16(9(2)3)14(11)18/h9-12,15H,4-8H2,1-3H3. The Kier molecular flexibility index (Phi) is 4.58. The van der Waals surface area contributed by atoms with Gasteiger partial charge in [-0.3, -0.25) is 14.5 Å². The molecule has 108 valence electrons. The van der Waals surface area contributed by atoms with E-state index in [-0.39, 0.29) is 23.9 Å². The summed E-state index contributed by atoms with van der Waals surface area (Å²) >= 11 is 0. The van der Waals surface area contributed by atoms with Crippen LogP contribution in [0.1, 0.15) is 40.0 Å². The van der Waals surface area contributed by atoms with Gasteiger partial charge in [-0.2, -0.15) is 0 Å². The van der Waals surface area contributed by atoms with Gasteiger partial charge in [-0.05, 0) is 32.6 Å². The maximum Gasteiger partial charge on any atom is 0.247 e. The van der Waals surface area contributed by atoms with E-state index in [1.165, 1.54) is 4.90 Å². The lowest BCUT2D eigenvalue weighted by Gasteiger charge is -2.21. The summed E-state index contributed by atoms with van der Waals surface area (Å²) < 4.78 is 5.63. The Hall–Kier alpha value is -0.940. The van der Waals surface area contributed by atoms with Crippen molar-refractivity contribution in [1.82, 2.24) is 10.2 Å². The second-order valence-electron chi connectivity index (χ2n) is 5.73.